The van der Waals surface area contributed by atoms with Crippen molar-refractivity contribution in [2.75, 3.05) is 38.2 Å². The maximum atomic E-state index is 13.0. The molecule has 164 valence electrons. The van der Waals surface area contributed by atoms with E-state index in [1.165, 1.54) is 11.5 Å². The number of aromatic nitrogens is 1. The van der Waals surface area contributed by atoms with E-state index < -0.39 is 5.63 Å². The molecule has 1 aliphatic heterocycles. The van der Waals surface area contributed by atoms with Crippen LogP contribution in [-0.4, -0.2) is 48.5 Å². The molecular formula is C24H23N3O4S. The average Bonchev–Trinajstić information content (AvgIpc) is 3.25. The Kier molecular flexibility index (Phi) is 5.30. The van der Waals surface area contributed by atoms with Gasteiger partial charge >= 0.3 is 5.63 Å². The Morgan fingerprint density at radius 3 is 2.69 bits per heavy atom. The minimum atomic E-state index is -0.468. The van der Waals surface area contributed by atoms with E-state index in [1.807, 2.05) is 36.1 Å². The van der Waals surface area contributed by atoms with Crippen molar-refractivity contribution < 1.29 is 13.9 Å². The van der Waals surface area contributed by atoms with Crippen LogP contribution < -0.4 is 15.3 Å². The first-order valence-electron chi connectivity index (χ1n) is 10.5. The van der Waals surface area contributed by atoms with Crippen molar-refractivity contribution in [1.29, 1.82) is 0 Å². The van der Waals surface area contributed by atoms with Crippen molar-refractivity contribution in [2.45, 2.75) is 13.3 Å². The molecule has 0 spiro atoms. The molecule has 7 nitrogen and oxygen atoms in total. The first kappa shape index (κ1) is 20.5. The molecule has 5 rings (SSSR count). The summed E-state index contributed by atoms with van der Waals surface area (Å²) in [4.78, 5) is 29.7. The Balaban J connectivity index is 1.31. The number of fused-ring (bicyclic) bond motifs is 2. The van der Waals surface area contributed by atoms with Gasteiger partial charge in [-0.1, -0.05) is 12.1 Å². The summed E-state index contributed by atoms with van der Waals surface area (Å²) >= 11 is 1.50. The third-order valence-electron chi connectivity index (χ3n) is 6.11. The van der Waals surface area contributed by atoms with Gasteiger partial charge in [0.1, 0.15) is 17.2 Å². The largest absolute Gasteiger partial charge is 0.497 e. The smallest absolute Gasteiger partial charge is 0.340 e. The van der Waals surface area contributed by atoms with E-state index in [0.717, 1.165) is 26.9 Å². The number of anilines is 1. The lowest BCUT2D eigenvalue weighted by Crippen LogP contribution is -2.49. The van der Waals surface area contributed by atoms with Crippen molar-refractivity contribution in [2.24, 2.45) is 0 Å². The lowest BCUT2D eigenvalue weighted by Gasteiger charge is -2.35. The maximum absolute atomic E-state index is 13.0. The minimum absolute atomic E-state index is 0.0375. The summed E-state index contributed by atoms with van der Waals surface area (Å²) in [6, 6.07) is 13.6. The molecule has 4 aromatic rings. The molecule has 0 N–H and O–H groups in total. The van der Waals surface area contributed by atoms with Crippen molar-refractivity contribution in [3.8, 4) is 5.75 Å². The van der Waals surface area contributed by atoms with Crippen molar-refractivity contribution in [1.82, 2.24) is 9.27 Å². The van der Waals surface area contributed by atoms with E-state index in [1.54, 1.807) is 13.2 Å². The Bertz CT molecular complexity index is 1370. The summed E-state index contributed by atoms with van der Waals surface area (Å²) in [5.41, 5.74) is 1.19. The molecule has 0 aliphatic carbocycles. The SMILES string of the molecule is COc1ccc2c(C)c(CC(=O)N3CCN(c4nsc5ccccc45)CC3)c(=O)oc2c1. The van der Waals surface area contributed by atoms with E-state index in [2.05, 4.69) is 21.4 Å². The molecule has 0 saturated carbocycles. The van der Waals surface area contributed by atoms with Crippen LogP contribution in [0.2, 0.25) is 0 Å². The van der Waals surface area contributed by atoms with Crippen LogP contribution in [-0.2, 0) is 11.2 Å². The number of hydrogen-bond donors (Lipinski definition) is 0. The molecule has 1 fully saturated rings. The van der Waals surface area contributed by atoms with E-state index >= 15 is 0 Å². The molecule has 3 heterocycles. The number of carbonyl (C=O) groups excluding carboxylic acids is 1. The molecule has 1 aliphatic rings. The standard InChI is InChI=1S/C24H23N3O4S/c1-15-17-8-7-16(30-2)13-20(17)31-24(29)19(15)14-22(28)26-9-11-27(12-10-26)23-18-5-3-4-6-21(18)32-25-23/h3-8,13H,9-12,14H2,1-2H3. The molecule has 32 heavy (non-hydrogen) atoms. The maximum Gasteiger partial charge on any atom is 0.340 e. The van der Waals surface area contributed by atoms with Crippen LogP contribution in [0.25, 0.3) is 21.1 Å². The number of carbonyl (C=O) groups is 1. The lowest BCUT2D eigenvalue weighted by atomic mass is 10.0. The number of rotatable bonds is 4. The predicted molar refractivity (Wildman–Crippen MR) is 126 cm³/mol. The number of benzene rings is 2. The van der Waals surface area contributed by atoms with Crippen molar-refractivity contribution in [3.63, 3.8) is 0 Å². The highest BCUT2D eigenvalue weighted by molar-refractivity contribution is 7.13. The number of amides is 1. The highest BCUT2D eigenvalue weighted by Gasteiger charge is 2.25. The number of aryl methyl sites for hydroxylation is 1. The Hall–Kier alpha value is -3.39. The lowest BCUT2D eigenvalue weighted by molar-refractivity contribution is -0.130. The van der Waals surface area contributed by atoms with Gasteiger partial charge in [-0.25, -0.2) is 4.79 Å². The van der Waals surface area contributed by atoms with Gasteiger partial charge in [0.15, 0.2) is 0 Å². The number of methoxy groups -OCH3 is 1. The summed E-state index contributed by atoms with van der Waals surface area (Å²) in [5.74, 6) is 1.55. The molecule has 0 radical (unpaired) electrons. The Labute approximate surface area is 189 Å². The topological polar surface area (TPSA) is 75.9 Å². The average molecular weight is 450 g/mol. The fourth-order valence-electron chi connectivity index (χ4n) is 4.24. The molecule has 0 unspecified atom stereocenters. The third-order valence-corrected chi connectivity index (χ3v) is 6.93. The quantitative estimate of drug-likeness (QED) is 0.443. The zero-order chi connectivity index (χ0) is 22.2. The van der Waals surface area contributed by atoms with E-state index in [0.29, 0.717) is 43.1 Å². The van der Waals surface area contributed by atoms with E-state index in [4.69, 9.17) is 9.15 Å². The molecule has 2 aromatic carbocycles. The van der Waals surface area contributed by atoms with Gasteiger partial charge in [-0.2, -0.15) is 4.37 Å². The predicted octanol–water partition coefficient (Wildman–Crippen LogP) is 3.61. The second-order valence-electron chi connectivity index (χ2n) is 7.90. The van der Waals surface area contributed by atoms with Gasteiger partial charge < -0.3 is 19.0 Å². The van der Waals surface area contributed by atoms with Gasteiger partial charge in [0.2, 0.25) is 5.91 Å². The number of piperazine rings is 1. The molecule has 1 saturated heterocycles. The van der Waals surface area contributed by atoms with Crippen molar-refractivity contribution in [3.05, 3.63) is 64.0 Å². The Morgan fingerprint density at radius 2 is 1.91 bits per heavy atom. The number of ether oxygens (including phenoxy) is 1. The van der Waals surface area contributed by atoms with Crippen LogP contribution in [0.5, 0.6) is 5.75 Å². The third kappa shape index (κ3) is 3.60. The van der Waals surface area contributed by atoms with Crippen LogP contribution in [0.3, 0.4) is 0 Å². The zero-order valence-corrected chi connectivity index (χ0v) is 18.8. The number of nitrogens with zero attached hydrogens (tertiary/aromatic N) is 3. The van der Waals surface area contributed by atoms with Crippen LogP contribution in [0.1, 0.15) is 11.1 Å². The fourth-order valence-corrected chi connectivity index (χ4v) is 5.03. The van der Waals surface area contributed by atoms with E-state index in [9.17, 15) is 9.59 Å². The zero-order valence-electron chi connectivity index (χ0n) is 18.0. The highest BCUT2D eigenvalue weighted by atomic mass is 32.1. The second kappa shape index (κ2) is 8.27. The first-order chi connectivity index (χ1) is 15.5. The van der Waals surface area contributed by atoms with Gasteiger partial charge in [0.05, 0.1) is 23.8 Å². The monoisotopic (exact) mass is 449 g/mol. The van der Waals surface area contributed by atoms with Crippen LogP contribution in [0.15, 0.2) is 51.7 Å². The van der Waals surface area contributed by atoms with Gasteiger partial charge in [-0.3, -0.25) is 4.79 Å². The summed E-state index contributed by atoms with van der Waals surface area (Å²) in [6.07, 6.45) is 0.0375. The fraction of sp³-hybridized carbons (Fsp3) is 0.292. The van der Waals surface area contributed by atoms with Gasteiger partial charge in [0.25, 0.3) is 0 Å². The molecule has 8 heteroatoms. The molecule has 0 atom stereocenters. The minimum Gasteiger partial charge on any atom is -0.497 e. The Morgan fingerprint density at radius 1 is 1.12 bits per heavy atom. The summed E-state index contributed by atoms with van der Waals surface area (Å²) in [6.45, 7) is 4.48. The van der Waals surface area contributed by atoms with Crippen molar-refractivity contribution >= 4 is 44.3 Å². The summed E-state index contributed by atoms with van der Waals surface area (Å²) < 4.78 is 16.5. The second-order valence-corrected chi connectivity index (χ2v) is 8.71. The van der Waals surface area contributed by atoms with Crippen LogP contribution >= 0.6 is 11.5 Å². The van der Waals surface area contributed by atoms with Crippen LogP contribution in [0.4, 0.5) is 5.82 Å². The highest BCUT2D eigenvalue weighted by Crippen LogP contribution is 2.30. The molecule has 1 amide bonds. The van der Waals surface area contributed by atoms with Gasteiger partial charge in [-0.05, 0) is 48.3 Å². The molecular weight excluding hydrogens is 426 g/mol. The first-order valence-corrected chi connectivity index (χ1v) is 11.3. The van der Waals surface area contributed by atoms with E-state index in [-0.39, 0.29) is 12.3 Å². The summed E-state index contributed by atoms with van der Waals surface area (Å²) in [5, 5.41) is 1.96. The molecule has 2 aromatic heterocycles. The summed E-state index contributed by atoms with van der Waals surface area (Å²) in [7, 11) is 1.57. The van der Waals surface area contributed by atoms with Crippen LogP contribution in [0, 0.1) is 6.92 Å². The normalized spacial score (nSPS) is 14.3. The number of hydrogen-bond acceptors (Lipinski definition) is 7. The van der Waals surface area contributed by atoms with Gasteiger partial charge in [0, 0.05) is 43.0 Å². The molecule has 0 bridgehead atoms. The van der Waals surface area contributed by atoms with Gasteiger partial charge in [-0.15, -0.1) is 0 Å².